The van der Waals surface area contributed by atoms with Gasteiger partial charge < -0.3 is 9.72 Å². The lowest BCUT2D eigenvalue weighted by Crippen LogP contribution is -2.09. The summed E-state index contributed by atoms with van der Waals surface area (Å²) >= 11 is 1.55. The monoisotopic (exact) mass is 312 g/mol. The van der Waals surface area contributed by atoms with E-state index in [9.17, 15) is 4.79 Å². The lowest BCUT2D eigenvalue weighted by atomic mass is 10.2. The van der Waals surface area contributed by atoms with E-state index in [2.05, 4.69) is 9.97 Å². The first-order valence-electron chi connectivity index (χ1n) is 6.90. The number of fused-ring (bicyclic) bond motifs is 1. The quantitative estimate of drug-likeness (QED) is 0.800. The third-order valence-electron chi connectivity index (χ3n) is 3.61. The lowest BCUT2D eigenvalue weighted by molar-refractivity contribution is 0.415. The van der Waals surface area contributed by atoms with E-state index < -0.39 is 0 Å². The van der Waals surface area contributed by atoms with E-state index in [4.69, 9.17) is 4.74 Å². The second-order valence-electron chi connectivity index (χ2n) is 5.02. The highest BCUT2D eigenvalue weighted by molar-refractivity contribution is 7.18. The Kier molecular flexibility index (Phi) is 3.81. The van der Waals surface area contributed by atoms with Crippen LogP contribution in [0.25, 0.3) is 22.4 Å². The molecule has 2 heterocycles. The number of benzene rings is 1. The van der Waals surface area contributed by atoms with Gasteiger partial charge in [0, 0.05) is 4.88 Å². The van der Waals surface area contributed by atoms with Crippen LogP contribution in [-0.2, 0) is 0 Å². The second-order valence-corrected chi connectivity index (χ2v) is 6.22. The summed E-state index contributed by atoms with van der Waals surface area (Å²) in [4.78, 5) is 21.4. The number of thiophene rings is 1. The first kappa shape index (κ1) is 14.5. The van der Waals surface area contributed by atoms with Gasteiger partial charge in [0.15, 0.2) is 0 Å². The molecule has 22 heavy (non-hydrogen) atoms. The van der Waals surface area contributed by atoms with Gasteiger partial charge in [-0.3, -0.25) is 4.79 Å². The molecule has 0 saturated heterocycles. The van der Waals surface area contributed by atoms with Crippen molar-refractivity contribution in [2.24, 2.45) is 0 Å². The molecule has 3 aromatic rings. The second kappa shape index (κ2) is 5.77. The summed E-state index contributed by atoms with van der Waals surface area (Å²) in [6.45, 7) is 3.96. The Morgan fingerprint density at radius 3 is 2.59 bits per heavy atom. The molecule has 112 valence electrons. The third kappa shape index (κ3) is 2.67. The van der Waals surface area contributed by atoms with Crippen molar-refractivity contribution in [1.29, 1.82) is 0 Å². The van der Waals surface area contributed by atoms with Crippen molar-refractivity contribution in [2.75, 3.05) is 7.11 Å². The minimum absolute atomic E-state index is 0.0822. The van der Waals surface area contributed by atoms with Crippen molar-refractivity contribution in [1.82, 2.24) is 9.97 Å². The predicted octanol–water partition coefficient (Wildman–Crippen LogP) is 3.78. The number of nitrogens with zero attached hydrogens (tertiary/aromatic N) is 1. The van der Waals surface area contributed by atoms with Crippen molar-refractivity contribution in [3.05, 3.63) is 56.4 Å². The van der Waals surface area contributed by atoms with Gasteiger partial charge in [-0.25, -0.2) is 4.98 Å². The molecule has 0 aliphatic carbocycles. The zero-order chi connectivity index (χ0) is 15.7. The number of H-pyrrole nitrogens is 1. The molecule has 1 aromatic carbocycles. The molecule has 3 rings (SSSR count). The number of methoxy groups -OCH3 is 1. The van der Waals surface area contributed by atoms with Crippen molar-refractivity contribution in [3.8, 4) is 5.75 Å². The average Bonchev–Trinajstić information content (AvgIpc) is 2.81. The maximum absolute atomic E-state index is 12.2. The van der Waals surface area contributed by atoms with Gasteiger partial charge >= 0.3 is 0 Å². The molecule has 0 fully saturated rings. The number of aromatic amines is 1. The summed E-state index contributed by atoms with van der Waals surface area (Å²) in [6.07, 6.45) is 3.73. The Morgan fingerprint density at radius 2 is 1.91 bits per heavy atom. The average molecular weight is 312 g/mol. The van der Waals surface area contributed by atoms with Gasteiger partial charge in [-0.2, -0.15) is 0 Å². The number of rotatable bonds is 3. The summed E-state index contributed by atoms with van der Waals surface area (Å²) in [5.74, 6) is 1.38. The molecule has 0 amide bonds. The smallest absolute Gasteiger partial charge is 0.260 e. The van der Waals surface area contributed by atoms with E-state index in [-0.39, 0.29) is 5.56 Å². The molecule has 0 unspecified atom stereocenters. The van der Waals surface area contributed by atoms with Crippen LogP contribution in [0.3, 0.4) is 0 Å². The van der Waals surface area contributed by atoms with Crippen LogP contribution in [0.2, 0.25) is 0 Å². The summed E-state index contributed by atoms with van der Waals surface area (Å²) in [5.41, 5.74) is 1.95. The van der Waals surface area contributed by atoms with Crippen molar-refractivity contribution < 1.29 is 4.74 Å². The molecular formula is C17H16N2O2S. The van der Waals surface area contributed by atoms with E-state index in [1.165, 1.54) is 0 Å². The van der Waals surface area contributed by atoms with Gasteiger partial charge in [0.25, 0.3) is 5.56 Å². The molecule has 0 saturated carbocycles. The van der Waals surface area contributed by atoms with E-state index >= 15 is 0 Å². The van der Waals surface area contributed by atoms with Crippen molar-refractivity contribution in [2.45, 2.75) is 13.8 Å². The minimum Gasteiger partial charge on any atom is -0.497 e. The van der Waals surface area contributed by atoms with Crippen LogP contribution in [-0.4, -0.2) is 17.1 Å². The summed E-state index contributed by atoms with van der Waals surface area (Å²) < 4.78 is 5.13. The number of nitrogens with one attached hydrogen (secondary N) is 1. The van der Waals surface area contributed by atoms with E-state index in [0.29, 0.717) is 11.2 Å². The molecule has 0 atom stereocenters. The molecule has 0 spiro atoms. The summed E-state index contributed by atoms with van der Waals surface area (Å²) in [6, 6.07) is 7.69. The summed E-state index contributed by atoms with van der Waals surface area (Å²) in [7, 11) is 1.64. The highest BCUT2D eigenvalue weighted by Gasteiger charge is 2.10. The Balaban J connectivity index is 1.96. The minimum atomic E-state index is -0.0822. The molecule has 0 radical (unpaired) electrons. The Bertz CT molecular complexity index is 905. The summed E-state index contributed by atoms with van der Waals surface area (Å²) in [5, 5.41) is 0.698. The molecule has 0 aliphatic heterocycles. The largest absolute Gasteiger partial charge is 0.497 e. The van der Waals surface area contributed by atoms with Crippen LogP contribution in [0, 0.1) is 13.8 Å². The Hall–Kier alpha value is -2.40. The molecule has 5 heteroatoms. The standard InChI is InChI=1S/C17H16N2O2S/c1-10-11(2)22-17-15(10)16(20)18-14(19-17)9-6-12-4-7-13(21-3)8-5-12/h4-9H,1-3H3,(H,18,19,20)/b9-6+. The van der Waals surface area contributed by atoms with Crippen LogP contribution in [0.15, 0.2) is 29.1 Å². The van der Waals surface area contributed by atoms with Gasteiger partial charge in [0.05, 0.1) is 12.5 Å². The van der Waals surface area contributed by atoms with E-state index in [1.807, 2.05) is 50.3 Å². The number of aryl methyl sites for hydroxylation is 2. The lowest BCUT2D eigenvalue weighted by Gasteiger charge is -1.99. The molecule has 0 aliphatic rings. The molecular weight excluding hydrogens is 296 g/mol. The highest BCUT2D eigenvalue weighted by atomic mass is 32.1. The van der Waals surface area contributed by atoms with Crippen LogP contribution >= 0.6 is 11.3 Å². The zero-order valence-electron chi connectivity index (χ0n) is 12.6. The Labute approximate surface area is 132 Å². The van der Waals surface area contributed by atoms with Gasteiger partial charge in [0.2, 0.25) is 0 Å². The first-order chi connectivity index (χ1) is 10.6. The first-order valence-corrected chi connectivity index (χ1v) is 7.72. The Morgan fingerprint density at radius 1 is 1.18 bits per heavy atom. The molecule has 4 nitrogen and oxygen atoms in total. The molecule has 1 N–H and O–H groups in total. The van der Waals surface area contributed by atoms with Gasteiger partial charge in [-0.15, -0.1) is 11.3 Å². The topological polar surface area (TPSA) is 55.0 Å². The maximum Gasteiger partial charge on any atom is 0.260 e. The van der Waals surface area contributed by atoms with Gasteiger partial charge in [0.1, 0.15) is 16.4 Å². The SMILES string of the molecule is COc1ccc(/C=C/c2nc3sc(C)c(C)c3c(=O)[nH]2)cc1. The van der Waals surface area contributed by atoms with Gasteiger partial charge in [-0.1, -0.05) is 18.2 Å². The maximum atomic E-state index is 12.2. The molecule has 0 bridgehead atoms. The third-order valence-corrected chi connectivity index (χ3v) is 4.71. The number of ether oxygens (including phenoxy) is 1. The fraction of sp³-hybridized carbons (Fsp3) is 0.176. The fourth-order valence-electron chi connectivity index (χ4n) is 2.24. The number of hydrogen-bond donors (Lipinski definition) is 1. The number of aromatic nitrogens is 2. The van der Waals surface area contributed by atoms with Crippen LogP contribution in [0.5, 0.6) is 5.75 Å². The van der Waals surface area contributed by atoms with E-state index in [1.54, 1.807) is 18.4 Å². The van der Waals surface area contributed by atoms with Crippen LogP contribution < -0.4 is 10.3 Å². The van der Waals surface area contributed by atoms with Crippen LogP contribution in [0.4, 0.5) is 0 Å². The zero-order valence-corrected chi connectivity index (χ0v) is 13.5. The molecule has 2 aromatic heterocycles. The van der Waals surface area contributed by atoms with Crippen LogP contribution in [0.1, 0.15) is 21.8 Å². The van der Waals surface area contributed by atoms with Crippen molar-refractivity contribution >= 4 is 33.7 Å². The highest BCUT2D eigenvalue weighted by Crippen LogP contribution is 2.25. The number of hydrogen-bond acceptors (Lipinski definition) is 4. The normalized spacial score (nSPS) is 11.4. The predicted molar refractivity (Wildman–Crippen MR) is 91.6 cm³/mol. The van der Waals surface area contributed by atoms with E-state index in [0.717, 1.165) is 26.6 Å². The van der Waals surface area contributed by atoms with Gasteiger partial charge in [-0.05, 0) is 43.2 Å². The van der Waals surface area contributed by atoms with Crippen molar-refractivity contribution in [3.63, 3.8) is 0 Å². The fourth-order valence-corrected chi connectivity index (χ4v) is 3.28.